The summed E-state index contributed by atoms with van der Waals surface area (Å²) in [7, 11) is 3.32. The molecular weight excluding hydrogens is 286 g/mol. The summed E-state index contributed by atoms with van der Waals surface area (Å²) >= 11 is 1.71. The summed E-state index contributed by atoms with van der Waals surface area (Å²) in [5.41, 5.74) is 2.35. The first kappa shape index (κ1) is 15.7. The van der Waals surface area contributed by atoms with E-state index in [9.17, 15) is 0 Å². The van der Waals surface area contributed by atoms with Crippen molar-refractivity contribution in [3.05, 3.63) is 35.9 Å². The molecule has 2 N–H and O–H groups in total. The van der Waals surface area contributed by atoms with E-state index in [0.717, 1.165) is 36.7 Å². The van der Waals surface area contributed by atoms with Crippen LogP contribution < -0.4 is 14.8 Å². The second-order valence-corrected chi connectivity index (χ2v) is 5.37. The van der Waals surface area contributed by atoms with Gasteiger partial charge < -0.3 is 19.8 Å². The summed E-state index contributed by atoms with van der Waals surface area (Å²) in [6.45, 7) is 1.69. The van der Waals surface area contributed by atoms with Gasteiger partial charge in [0.25, 0.3) is 0 Å². The molecule has 0 spiro atoms. The van der Waals surface area contributed by atoms with Crippen molar-refractivity contribution < 1.29 is 9.47 Å². The topological polar surface area (TPSA) is 59.2 Å². The number of methoxy groups -OCH3 is 2. The third-order valence-corrected chi connectivity index (χ3v) is 4.05. The van der Waals surface area contributed by atoms with Crippen LogP contribution in [0.5, 0.6) is 11.5 Å². The van der Waals surface area contributed by atoms with Crippen molar-refractivity contribution in [3.63, 3.8) is 0 Å². The number of aromatic nitrogens is 2. The normalized spacial score (nSPS) is 10.6. The molecule has 114 valence electrons. The van der Waals surface area contributed by atoms with Crippen molar-refractivity contribution in [2.45, 2.75) is 17.9 Å². The molecule has 1 aromatic carbocycles. The number of nitrogens with zero attached hydrogens (tertiary/aromatic N) is 1. The molecule has 1 heterocycles. The van der Waals surface area contributed by atoms with Crippen LogP contribution in [0, 0.1) is 0 Å². The van der Waals surface area contributed by atoms with Gasteiger partial charge in [0.1, 0.15) is 0 Å². The Balaban J connectivity index is 1.97. The van der Waals surface area contributed by atoms with Crippen LogP contribution in [0.25, 0.3) is 0 Å². The van der Waals surface area contributed by atoms with Gasteiger partial charge in [-0.25, -0.2) is 4.98 Å². The second kappa shape index (κ2) is 7.95. The van der Waals surface area contributed by atoms with Gasteiger partial charge in [-0.1, -0.05) is 0 Å². The van der Waals surface area contributed by atoms with Gasteiger partial charge in [-0.05, 0) is 24.0 Å². The number of hydrogen-bond donors (Lipinski definition) is 2. The Hall–Kier alpha value is -1.66. The van der Waals surface area contributed by atoms with Crippen LogP contribution in [-0.2, 0) is 13.0 Å². The van der Waals surface area contributed by atoms with Gasteiger partial charge in [-0.15, -0.1) is 11.8 Å². The predicted octanol–water partition coefficient (Wildman–Crippen LogP) is 2.48. The van der Waals surface area contributed by atoms with Gasteiger partial charge in [-0.2, -0.15) is 0 Å². The maximum atomic E-state index is 5.37. The molecule has 6 heteroatoms. The number of H-pyrrole nitrogens is 1. The zero-order chi connectivity index (χ0) is 15.1. The second-order valence-electron chi connectivity index (χ2n) is 4.52. The first-order valence-electron chi connectivity index (χ1n) is 6.75. The van der Waals surface area contributed by atoms with E-state index in [-0.39, 0.29) is 0 Å². The van der Waals surface area contributed by atoms with E-state index in [0.29, 0.717) is 0 Å². The summed E-state index contributed by atoms with van der Waals surface area (Å²) in [6.07, 6.45) is 6.55. The fraction of sp³-hybridized carbons (Fsp3) is 0.400. The van der Waals surface area contributed by atoms with Crippen LogP contribution in [0.2, 0.25) is 0 Å². The molecule has 0 aliphatic rings. The molecule has 1 aromatic heterocycles. The summed E-state index contributed by atoms with van der Waals surface area (Å²) in [5, 5.41) is 3.45. The fourth-order valence-corrected chi connectivity index (χ4v) is 2.72. The van der Waals surface area contributed by atoms with Crippen LogP contribution in [-0.4, -0.2) is 37.0 Å². The molecule has 0 saturated heterocycles. The molecule has 0 aliphatic carbocycles. The first-order valence-corrected chi connectivity index (χ1v) is 7.97. The molecule has 2 aromatic rings. The lowest BCUT2D eigenvalue weighted by molar-refractivity contribution is 0.353. The molecule has 0 aliphatic heterocycles. The van der Waals surface area contributed by atoms with Crippen LogP contribution in [0.1, 0.15) is 11.3 Å². The van der Waals surface area contributed by atoms with E-state index in [1.165, 1.54) is 10.5 Å². The van der Waals surface area contributed by atoms with E-state index < -0.39 is 0 Å². The first-order chi connectivity index (χ1) is 10.3. The predicted molar refractivity (Wildman–Crippen MR) is 85.3 cm³/mol. The van der Waals surface area contributed by atoms with Crippen molar-refractivity contribution >= 4 is 11.8 Å². The zero-order valence-corrected chi connectivity index (χ0v) is 13.4. The summed E-state index contributed by atoms with van der Waals surface area (Å²) in [6, 6.07) is 4.06. The molecule has 21 heavy (non-hydrogen) atoms. The van der Waals surface area contributed by atoms with E-state index in [4.69, 9.17) is 9.47 Å². The van der Waals surface area contributed by atoms with Crippen LogP contribution >= 0.6 is 11.8 Å². The number of benzene rings is 1. The molecule has 2 rings (SSSR count). The Labute approximate surface area is 129 Å². The largest absolute Gasteiger partial charge is 0.493 e. The Bertz CT molecular complexity index is 558. The Kier molecular flexibility index (Phi) is 5.95. The molecule has 0 saturated carbocycles. The smallest absolute Gasteiger partial charge is 0.161 e. The minimum Gasteiger partial charge on any atom is -0.493 e. The van der Waals surface area contributed by atoms with E-state index in [1.54, 1.807) is 32.3 Å². The van der Waals surface area contributed by atoms with Gasteiger partial charge >= 0.3 is 0 Å². The zero-order valence-electron chi connectivity index (χ0n) is 12.6. The highest BCUT2D eigenvalue weighted by Gasteiger charge is 2.10. The SMILES string of the molecule is COc1cc(CNCCc2cnc[nH]2)c(SC)cc1OC. The minimum absolute atomic E-state index is 0.765. The quantitative estimate of drug-likeness (QED) is 0.579. The number of rotatable bonds is 8. The Morgan fingerprint density at radius 1 is 1.24 bits per heavy atom. The van der Waals surface area contributed by atoms with E-state index in [1.807, 2.05) is 18.3 Å². The maximum absolute atomic E-state index is 5.37. The lowest BCUT2D eigenvalue weighted by Crippen LogP contribution is -2.17. The van der Waals surface area contributed by atoms with Gasteiger partial charge in [-0.3, -0.25) is 0 Å². The van der Waals surface area contributed by atoms with Gasteiger partial charge in [0, 0.05) is 36.3 Å². The highest BCUT2D eigenvalue weighted by atomic mass is 32.2. The van der Waals surface area contributed by atoms with Crippen LogP contribution in [0.15, 0.2) is 29.6 Å². The molecule has 0 atom stereocenters. The summed E-state index contributed by atoms with van der Waals surface area (Å²) in [5.74, 6) is 1.53. The van der Waals surface area contributed by atoms with Gasteiger partial charge in [0.2, 0.25) is 0 Å². The standard InChI is InChI=1S/C15H21N3O2S/c1-19-13-6-11(15(21-3)7-14(13)20-2)8-16-5-4-12-9-17-10-18-12/h6-7,9-10,16H,4-5,8H2,1-3H3,(H,17,18). The number of imidazole rings is 1. The lowest BCUT2D eigenvalue weighted by atomic mass is 10.2. The van der Waals surface area contributed by atoms with Gasteiger partial charge in [0.15, 0.2) is 11.5 Å². The van der Waals surface area contributed by atoms with Crippen molar-refractivity contribution in [3.8, 4) is 11.5 Å². The third kappa shape index (κ3) is 4.15. The number of thioether (sulfide) groups is 1. The number of nitrogens with one attached hydrogen (secondary N) is 2. The molecule has 0 bridgehead atoms. The minimum atomic E-state index is 0.765. The average molecular weight is 307 g/mol. The number of ether oxygens (including phenoxy) is 2. The molecule has 0 radical (unpaired) electrons. The highest BCUT2D eigenvalue weighted by Crippen LogP contribution is 2.34. The van der Waals surface area contributed by atoms with Crippen molar-refractivity contribution in [1.29, 1.82) is 0 Å². The van der Waals surface area contributed by atoms with Crippen molar-refractivity contribution in [1.82, 2.24) is 15.3 Å². The van der Waals surface area contributed by atoms with Crippen LogP contribution in [0.3, 0.4) is 0 Å². The third-order valence-electron chi connectivity index (χ3n) is 3.23. The average Bonchev–Trinajstić information content (AvgIpc) is 3.04. The maximum Gasteiger partial charge on any atom is 0.161 e. The molecule has 0 amide bonds. The number of hydrogen-bond acceptors (Lipinski definition) is 5. The fourth-order valence-electron chi connectivity index (χ4n) is 2.10. The summed E-state index contributed by atoms with van der Waals surface area (Å²) < 4.78 is 10.7. The highest BCUT2D eigenvalue weighted by molar-refractivity contribution is 7.98. The monoisotopic (exact) mass is 307 g/mol. The molecule has 0 unspecified atom stereocenters. The van der Waals surface area contributed by atoms with Crippen molar-refractivity contribution in [2.75, 3.05) is 27.0 Å². The van der Waals surface area contributed by atoms with Crippen LogP contribution in [0.4, 0.5) is 0 Å². The number of aromatic amines is 1. The lowest BCUT2D eigenvalue weighted by Gasteiger charge is -2.14. The molecule has 5 nitrogen and oxygen atoms in total. The molecule has 0 fully saturated rings. The Morgan fingerprint density at radius 2 is 2.00 bits per heavy atom. The van der Waals surface area contributed by atoms with E-state index in [2.05, 4.69) is 21.5 Å². The van der Waals surface area contributed by atoms with E-state index >= 15 is 0 Å². The molecular formula is C15H21N3O2S. The Morgan fingerprint density at radius 3 is 2.62 bits per heavy atom. The van der Waals surface area contributed by atoms with Crippen molar-refractivity contribution in [2.24, 2.45) is 0 Å². The summed E-state index contributed by atoms with van der Waals surface area (Å²) in [4.78, 5) is 8.31. The van der Waals surface area contributed by atoms with Gasteiger partial charge in [0.05, 0.1) is 20.5 Å².